The number of primary amides is 1. The van der Waals surface area contributed by atoms with E-state index in [1.54, 1.807) is 24.3 Å². The number of halogens is 1. The SMILES string of the molecule is NC(=O)c1cccc(N2CCC(O)(C(=O)NCCc3cccc(F)c3)C2=O)c1. The third-order valence-corrected chi connectivity index (χ3v) is 4.70. The number of benzene rings is 2. The Bertz CT molecular complexity index is 933. The predicted octanol–water partition coefficient (Wildman–Crippen LogP) is 0.751. The standard InChI is InChI=1S/C20H20FN3O4/c21-15-5-1-3-13(11-15)7-9-23-18(26)20(28)8-10-24(19(20)27)16-6-2-4-14(12-16)17(22)25/h1-6,11-12,28H,7-10H2,(H2,22,25)(H,23,26). The van der Waals surface area contributed by atoms with Crippen molar-refractivity contribution in [3.05, 3.63) is 65.5 Å². The second-order valence-corrected chi connectivity index (χ2v) is 6.62. The molecule has 1 saturated heterocycles. The van der Waals surface area contributed by atoms with E-state index < -0.39 is 23.3 Å². The average Bonchev–Trinajstić information content (AvgIpc) is 2.98. The summed E-state index contributed by atoms with van der Waals surface area (Å²) < 4.78 is 13.2. The molecule has 3 rings (SSSR count). The smallest absolute Gasteiger partial charge is 0.268 e. The molecule has 0 aliphatic carbocycles. The van der Waals surface area contributed by atoms with Crippen molar-refractivity contribution in [3.63, 3.8) is 0 Å². The molecule has 2 aromatic rings. The highest BCUT2D eigenvalue weighted by molar-refractivity contribution is 6.16. The van der Waals surface area contributed by atoms with Crippen molar-refractivity contribution in [2.24, 2.45) is 5.73 Å². The van der Waals surface area contributed by atoms with Gasteiger partial charge in [-0.15, -0.1) is 0 Å². The number of carbonyl (C=O) groups excluding carboxylic acids is 3. The van der Waals surface area contributed by atoms with Crippen molar-refractivity contribution in [2.75, 3.05) is 18.0 Å². The Labute approximate surface area is 160 Å². The largest absolute Gasteiger partial charge is 0.372 e. The Balaban J connectivity index is 1.65. The van der Waals surface area contributed by atoms with Crippen molar-refractivity contribution in [3.8, 4) is 0 Å². The molecule has 0 radical (unpaired) electrons. The Hall–Kier alpha value is -3.26. The maximum Gasteiger partial charge on any atom is 0.268 e. The normalized spacial score (nSPS) is 18.9. The summed E-state index contributed by atoms with van der Waals surface area (Å²) in [6.45, 7) is 0.268. The number of nitrogens with one attached hydrogen (secondary N) is 1. The molecule has 7 nitrogen and oxygen atoms in total. The molecule has 1 unspecified atom stereocenters. The maximum atomic E-state index is 13.2. The average molecular weight is 385 g/mol. The molecule has 1 aliphatic heterocycles. The van der Waals surface area contributed by atoms with Gasteiger partial charge in [0.25, 0.3) is 11.8 Å². The van der Waals surface area contributed by atoms with Gasteiger partial charge >= 0.3 is 0 Å². The fraction of sp³-hybridized carbons (Fsp3) is 0.250. The van der Waals surface area contributed by atoms with Crippen LogP contribution in [0, 0.1) is 5.82 Å². The van der Waals surface area contributed by atoms with E-state index in [4.69, 9.17) is 5.73 Å². The van der Waals surface area contributed by atoms with E-state index in [0.29, 0.717) is 17.7 Å². The fourth-order valence-corrected chi connectivity index (χ4v) is 3.15. The molecule has 0 aromatic heterocycles. The van der Waals surface area contributed by atoms with Crippen LogP contribution in [0.5, 0.6) is 0 Å². The molecule has 28 heavy (non-hydrogen) atoms. The first-order chi connectivity index (χ1) is 13.3. The Morgan fingerprint density at radius 2 is 1.96 bits per heavy atom. The van der Waals surface area contributed by atoms with Crippen molar-refractivity contribution in [2.45, 2.75) is 18.4 Å². The fourth-order valence-electron chi connectivity index (χ4n) is 3.15. The number of hydrogen-bond acceptors (Lipinski definition) is 4. The molecular formula is C20H20FN3O4. The van der Waals surface area contributed by atoms with Crippen LogP contribution in [0.3, 0.4) is 0 Å². The molecule has 8 heteroatoms. The number of carbonyl (C=O) groups is 3. The number of aliphatic hydroxyl groups is 1. The Morgan fingerprint density at radius 1 is 1.21 bits per heavy atom. The second-order valence-electron chi connectivity index (χ2n) is 6.62. The van der Waals surface area contributed by atoms with Crippen molar-refractivity contribution < 1.29 is 23.9 Å². The minimum absolute atomic E-state index is 0.0849. The van der Waals surface area contributed by atoms with E-state index in [1.165, 1.54) is 29.2 Å². The van der Waals surface area contributed by atoms with Crippen LogP contribution in [0.4, 0.5) is 10.1 Å². The molecule has 4 N–H and O–H groups in total. The van der Waals surface area contributed by atoms with E-state index in [2.05, 4.69) is 5.32 Å². The third-order valence-electron chi connectivity index (χ3n) is 4.70. The minimum atomic E-state index is -2.19. The first-order valence-electron chi connectivity index (χ1n) is 8.78. The van der Waals surface area contributed by atoms with E-state index >= 15 is 0 Å². The van der Waals surface area contributed by atoms with Crippen LogP contribution >= 0.6 is 0 Å². The lowest BCUT2D eigenvalue weighted by Gasteiger charge is -2.22. The molecular weight excluding hydrogens is 365 g/mol. The van der Waals surface area contributed by atoms with Gasteiger partial charge in [0.15, 0.2) is 0 Å². The number of nitrogens with two attached hydrogens (primary N) is 1. The zero-order valence-electron chi connectivity index (χ0n) is 15.0. The summed E-state index contributed by atoms with van der Waals surface area (Å²) in [5.41, 5.74) is 4.35. The molecule has 3 amide bonds. The van der Waals surface area contributed by atoms with Crippen LogP contribution in [0.25, 0.3) is 0 Å². The second kappa shape index (κ2) is 7.77. The molecule has 1 fully saturated rings. The minimum Gasteiger partial charge on any atom is -0.372 e. The third kappa shape index (κ3) is 3.86. The Kier molecular flexibility index (Phi) is 5.41. The number of anilines is 1. The lowest BCUT2D eigenvalue weighted by Crippen LogP contribution is -2.52. The van der Waals surface area contributed by atoms with Crippen molar-refractivity contribution in [1.82, 2.24) is 5.32 Å². The Morgan fingerprint density at radius 3 is 2.68 bits per heavy atom. The van der Waals surface area contributed by atoms with Gasteiger partial charge in [-0.1, -0.05) is 18.2 Å². The van der Waals surface area contributed by atoms with Crippen LogP contribution in [0.2, 0.25) is 0 Å². The van der Waals surface area contributed by atoms with Gasteiger partial charge in [0, 0.05) is 30.8 Å². The monoisotopic (exact) mass is 385 g/mol. The predicted molar refractivity (Wildman–Crippen MR) is 100.0 cm³/mol. The molecule has 0 bridgehead atoms. The highest BCUT2D eigenvalue weighted by atomic mass is 19.1. The zero-order chi connectivity index (χ0) is 20.3. The van der Waals surface area contributed by atoms with Crippen LogP contribution in [0.1, 0.15) is 22.3 Å². The summed E-state index contributed by atoms with van der Waals surface area (Å²) in [4.78, 5) is 37.7. The van der Waals surface area contributed by atoms with Gasteiger partial charge in [0.2, 0.25) is 11.5 Å². The van der Waals surface area contributed by atoms with Crippen LogP contribution < -0.4 is 16.0 Å². The van der Waals surface area contributed by atoms with Gasteiger partial charge in [-0.25, -0.2) is 4.39 Å². The number of rotatable bonds is 6. The van der Waals surface area contributed by atoms with Crippen LogP contribution in [-0.4, -0.2) is 41.5 Å². The maximum absolute atomic E-state index is 13.2. The van der Waals surface area contributed by atoms with Crippen molar-refractivity contribution >= 4 is 23.4 Å². The number of amides is 3. The quantitative estimate of drug-likeness (QED) is 0.637. The summed E-state index contributed by atoms with van der Waals surface area (Å²) in [5, 5.41) is 13.2. The highest BCUT2D eigenvalue weighted by Crippen LogP contribution is 2.29. The molecule has 1 aliphatic rings. The topological polar surface area (TPSA) is 113 Å². The zero-order valence-corrected chi connectivity index (χ0v) is 15.0. The van der Waals surface area contributed by atoms with Gasteiger partial charge in [0.1, 0.15) is 5.82 Å². The van der Waals surface area contributed by atoms with Crippen LogP contribution in [-0.2, 0) is 16.0 Å². The summed E-state index contributed by atoms with van der Waals surface area (Å²) in [5.74, 6) is -2.58. The molecule has 146 valence electrons. The van der Waals surface area contributed by atoms with Gasteiger partial charge < -0.3 is 21.1 Å². The lowest BCUT2D eigenvalue weighted by molar-refractivity contribution is -0.149. The summed E-state index contributed by atoms with van der Waals surface area (Å²) in [7, 11) is 0. The first-order valence-corrected chi connectivity index (χ1v) is 8.78. The van der Waals surface area contributed by atoms with Crippen molar-refractivity contribution in [1.29, 1.82) is 0 Å². The van der Waals surface area contributed by atoms with Gasteiger partial charge in [-0.2, -0.15) is 0 Å². The number of nitrogens with zero attached hydrogens (tertiary/aromatic N) is 1. The first kappa shape index (κ1) is 19.5. The lowest BCUT2D eigenvalue weighted by atomic mass is 10.0. The van der Waals surface area contributed by atoms with Crippen LogP contribution in [0.15, 0.2) is 48.5 Å². The summed E-state index contributed by atoms with van der Waals surface area (Å²) in [6.07, 6.45) is 0.274. The summed E-state index contributed by atoms with van der Waals surface area (Å²) >= 11 is 0. The molecule has 1 atom stereocenters. The molecule has 1 heterocycles. The van der Waals surface area contributed by atoms with Gasteiger partial charge in [0.05, 0.1) is 0 Å². The highest BCUT2D eigenvalue weighted by Gasteiger charge is 2.51. The van der Waals surface area contributed by atoms with E-state index in [9.17, 15) is 23.9 Å². The van der Waals surface area contributed by atoms with Gasteiger partial charge in [-0.3, -0.25) is 14.4 Å². The molecule has 2 aromatic carbocycles. The summed E-state index contributed by atoms with van der Waals surface area (Å²) in [6, 6.07) is 12.1. The van der Waals surface area contributed by atoms with E-state index in [1.807, 2.05) is 0 Å². The molecule has 0 saturated carbocycles. The van der Waals surface area contributed by atoms with E-state index in [0.717, 1.165) is 0 Å². The number of hydrogen-bond donors (Lipinski definition) is 3. The van der Waals surface area contributed by atoms with Gasteiger partial charge in [-0.05, 0) is 42.3 Å². The molecule has 0 spiro atoms. The van der Waals surface area contributed by atoms with E-state index in [-0.39, 0.29) is 30.9 Å².